The van der Waals surface area contributed by atoms with Gasteiger partial charge in [-0.3, -0.25) is 0 Å². The Balaban J connectivity index is 2.24. The van der Waals surface area contributed by atoms with Crippen molar-refractivity contribution in [3.63, 3.8) is 0 Å². The minimum atomic E-state index is -0.346. The first-order valence-electron chi connectivity index (χ1n) is 9.59. The molecule has 0 fully saturated rings. The zero-order valence-electron chi connectivity index (χ0n) is 17.5. The molecule has 2 rings (SSSR count). The summed E-state index contributed by atoms with van der Waals surface area (Å²) < 4.78 is 5.84. The number of rotatable bonds is 8. The lowest BCUT2D eigenvalue weighted by Crippen LogP contribution is -2.14. The average molecular weight is 379 g/mol. The van der Waals surface area contributed by atoms with Crippen molar-refractivity contribution >= 4 is 18.0 Å². The summed E-state index contributed by atoms with van der Waals surface area (Å²) in [5, 5.41) is 0. The standard InChI is InChI=1S/C24H30N2O2/c1-7-9-23(20-12-10-17(3)11-13-20)28-24(27)21-14-19(5)22(15-18(21)4)25-16-26(6)8-2/h7,10-16,23H,1,8-9H2,2-6H3/b25-16+. The van der Waals surface area contributed by atoms with E-state index >= 15 is 0 Å². The van der Waals surface area contributed by atoms with Crippen LogP contribution in [0.15, 0.2) is 54.0 Å². The Hall–Kier alpha value is -2.88. The summed E-state index contributed by atoms with van der Waals surface area (Å²) in [6.07, 6.45) is 3.80. The van der Waals surface area contributed by atoms with Gasteiger partial charge in [0.1, 0.15) is 6.10 Å². The normalized spacial score (nSPS) is 12.0. The third-order valence-electron chi connectivity index (χ3n) is 4.73. The zero-order valence-corrected chi connectivity index (χ0v) is 17.5. The van der Waals surface area contributed by atoms with Crippen LogP contribution in [-0.2, 0) is 4.74 Å². The van der Waals surface area contributed by atoms with E-state index in [0.717, 1.165) is 28.9 Å². The molecule has 0 amide bonds. The fourth-order valence-electron chi connectivity index (χ4n) is 2.78. The lowest BCUT2D eigenvalue weighted by Gasteiger charge is -2.18. The second-order valence-corrected chi connectivity index (χ2v) is 7.10. The number of carbonyl (C=O) groups excluding carboxylic acids is 1. The Kier molecular flexibility index (Phi) is 7.56. The molecule has 0 saturated heterocycles. The highest BCUT2D eigenvalue weighted by Gasteiger charge is 2.19. The Bertz CT molecular complexity index is 854. The van der Waals surface area contributed by atoms with Crippen LogP contribution in [0.25, 0.3) is 0 Å². The number of hydrogen-bond donors (Lipinski definition) is 0. The van der Waals surface area contributed by atoms with Gasteiger partial charge in [0.25, 0.3) is 0 Å². The summed E-state index contributed by atoms with van der Waals surface area (Å²) in [5.41, 5.74) is 5.36. The van der Waals surface area contributed by atoms with Crippen molar-refractivity contribution in [2.24, 2.45) is 4.99 Å². The molecule has 4 nitrogen and oxygen atoms in total. The smallest absolute Gasteiger partial charge is 0.339 e. The second-order valence-electron chi connectivity index (χ2n) is 7.10. The molecule has 0 heterocycles. The summed E-state index contributed by atoms with van der Waals surface area (Å²) in [6.45, 7) is 12.6. The van der Waals surface area contributed by atoms with Crippen molar-refractivity contribution in [3.05, 3.63) is 76.9 Å². The molecule has 0 aliphatic heterocycles. The molecular weight excluding hydrogens is 348 g/mol. The highest BCUT2D eigenvalue weighted by molar-refractivity contribution is 5.92. The van der Waals surface area contributed by atoms with Crippen LogP contribution in [-0.4, -0.2) is 30.8 Å². The summed E-state index contributed by atoms with van der Waals surface area (Å²) in [5.74, 6) is -0.325. The van der Waals surface area contributed by atoms with E-state index in [1.165, 1.54) is 5.56 Å². The maximum Gasteiger partial charge on any atom is 0.339 e. The number of aliphatic imine (C=N–C) groups is 1. The van der Waals surface area contributed by atoms with E-state index < -0.39 is 0 Å². The van der Waals surface area contributed by atoms with E-state index in [1.807, 2.05) is 69.1 Å². The van der Waals surface area contributed by atoms with Gasteiger partial charge in [0.05, 0.1) is 17.6 Å². The summed E-state index contributed by atoms with van der Waals surface area (Å²) in [4.78, 5) is 19.4. The predicted molar refractivity (Wildman–Crippen MR) is 117 cm³/mol. The van der Waals surface area contributed by atoms with Crippen LogP contribution in [0.4, 0.5) is 5.69 Å². The quantitative estimate of drug-likeness (QED) is 0.256. The average Bonchev–Trinajstić information content (AvgIpc) is 2.68. The highest BCUT2D eigenvalue weighted by Crippen LogP contribution is 2.27. The number of ether oxygens (including phenoxy) is 1. The van der Waals surface area contributed by atoms with Crippen molar-refractivity contribution in [1.29, 1.82) is 0 Å². The first-order chi connectivity index (χ1) is 13.3. The number of aryl methyl sites for hydroxylation is 3. The number of hydrogen-bond acceptors (Lipinski definition) is 3. The summed E-state index contributed by atoms with van der Waals surface area (Å²) >= 11 is 0. The van der Waals surface area contributed by atoms with Gasteiger partial charge >= 0.3 is 5.97 Å². The molecule has 1 atom stereocenters. The van der Waals surface area contributed by atoms with Crippen molar-refractivity contribution in [2.75, 3.05) is 13.6 Å². The van der Waals surface area contributed by atoms with E-state index in [-0.39, 0.29) is 12.1 Å². The van der Waals surface area contributed by atoms with Gasteiger partial charge in [-0.15, -0.1) is 6.58 Å². The summed E-state index contributed by atoms with van der Waals surface area (Å²) in [7, 11) is 1.97. The summed E-state index contributed by atoms with van der Waals surface area (Å²) in [6, 6.07) is 11.8. The van der Waals surface area contributed by atoms with Crippen LogP contribution in [0.1, 0.15) is 52.1 Å². The topological polar surface area (TPSA) is 41.9 Å². The molecular formula is C24H30N2O2. The molecule has 0 bridgehead atoms. The molecule has 148 valence electrons. The maximum atomic E-state index is 12.9. The van der Waals surface area contributed by atoms with E-state index in [0.29, 0.717) is 12.0 Å². The lowest BCUT2D eigenvalue weighted by atomic mass is 10.0. The third kappa shape index (κ3) is 5.56. The number of nitrogens with zero attached hydrogens (tertiary/aromatic N) is 2. The van der Waals surface area contributed by atoms with Crippen LogP contribution in [0.5, 0.6) is 0 Å². The maximum absolute atomic E-state index is 12.9. The van der Waals surface area contributed by atoms with E-state index in [1.54, 1.807) is 12.4 Å². The molecule has 0 N–H and O–H groups in total. The third-order valence-corrected chi connectivity index (χ3v) is 4.73. The van der Waals surface area contributed by atoms with Crippen molar-refractivity contribution in [3.8, 4) is 0 Å². The molecule has 0 aromatic heterocycles. The largest absolute Gasteiger partial charge is 0.454 e. The van der Waals surface area contributed by atoms with Crippen molar-refractivity contribution in [1.82, 2.24) is 4.90 Å². The lowest BCUT2D eigenvalue weighted by molar-refractivity contribution is 0.0302. The highest BCUT2D eigenvalue weighted by atomic mass is 16.5. The molecule has 4 heteroatoms. The minimum Gasteiger partial charge on any atom is -0.454 e. The number of esters is 1. The minimum absolute atomic E-state index is 0.325. The predicted octanol–water partition coefficient (Wildman–Crippen LogP) is 5.70. The van der Waals surface area contributed by atoms with Gasteiger partial charge in [-0.25, -0.2) is 9.79 Å². The van der Waals surface area contributed by atoms with Crippen LogP contribution in [0.3, 0.4) is 0 Å². The molecule has 28 heavy (non-hydrogen) atoms. The van der Waals surface area contributed by atoms with E-state index in [9.17, 15) is 4.79 Å². The van der Waals surface area contributed by atoms with E-state index in [4.69, 9.17) is 4.74 Å². The Morgan fingerprint density at radius 1 is 1.18 bits per heavy atom. The molecule has 2 aromatic carbocycles. The monoisotopic (exact) mass is 378 g/mol. The molecule has 0 aliphatic rings. The molecule has 0 spiro atoms. The molecule has 1 unspecified atom stereocenters. The number of benzene rings is 2. The van der Waals surface area contributed by atoms with Gasteiger partial charge in [0, 0.05) is 20.0 Å². The first-order valence-corrected chi connectivity index (χ1v) is 9.59. The fraction of sp³-hybridized carbons (Fsp3) is 0.333. The zero-order chi connectivity index (χ0) is 20.7. The molecule has 0 saturated carbocycles. The van der Waals surface area contributed by atoms with Gasteiger partial charge in [-0.05, 0) is 56.5 Å². The fourth-order valence-corrected chi connectivity index (χ4v) is 2.78. The Morgan fingerprint density at radius 2 is 1.86 bits per heavy atom. The second kappa shape index (κ2) is 9.88. The van der Waals surface area contributed by atoms with Crippen LogP contribution < -0.4 is 0 Å². The van der Waals surface area contributed by atoms with Crippen LogP contribution in [0, 0.1) is 20.8 Å². The van der Waals surface area contributed by atoms with E-state index in [2.05, 4.69) is 18.5 Å². The molecule has 0 aliphatic carbocycles. The Morgan fingerprint density at radius 3 is 2.46 bits per heavy atom. The molecule has 0 radical (unpaired) electrons. The number of carbonyl (C=O) groups is 1. The first kappa shape index (κ1) is 21.4. The Labute approximate surface area is 168 Å². The van der Waals surface area contributed by atoms with Gasteiger partial charge in [-0.2, -0.15) is 0 Å². The van der Waals surface area contributed by atoms with Gasteiger partial charge < -0.3 is 9.64 Å². The van der Waals surface area contributed by atoms with Gasteiger partial charge in [-0.1, -0.05) is 35.9 Å². The van der Waals surface area contributed by atoms with Crippen LogP contribution in [0.2, 0.25) is 0 Å². The van der Waals surface area contributed by atoms with Crippen LogP contribution >= 0.6 is 0 Å². The van der Waals surface area contributed by atoms with Crippen molar-refractivity contribution < 1.29 is 9.53 Å². The molecule has 2 aromatic rings. The van der Waals surface area contributed by atoms with Gasteiger partial charge in [0.2, 0.25) is 0 Å². The SMILES string of the molecule is C=CCC(OC(=O)c1cc(C)c(/N=C/N(C)CC)cc1C)c1ccc(C)cc1. The van der Waals surface area contributed by atoms with Gasteiger partial charge in [0.15, 0.2) is 0 Å². The van der Waals surface area contributed by atoms with Crippen molar-refractivity contribution in [2.45, 2.75) is 40.2 Å².